The fourth-order valence-corrected chi connectivity index (χ4v) is 10.2. The zero-order chi connectivity index (χ0) is 36.7. The Morgan fingerprint density at radius 3 is 0.982 bits per heavy atom. The summed E-state index contributed by atoms with van der Waals surface area (Å²) in [5, 5.41) is 14.6. The van der Waals surface area contributed by atoms with E-state index in [1.54, 1.807) is 22.7 Å². The van der Waals surface area contributed by atoms with Crippen LogP contribution in [0.1, 0.15) is 0 Å². The minimum atomic E-state index is 1.03. The molecule has 0 amide bonds. The van der Waals surface area contributed by atoms with Gasteiger partial charge in [-0.3, -0.25) is 0 Å². The van der Waals surface area contributed by atoms with Crippen molar-refractivity contribution in [2.75, 3.05) is 0 Å². The molecule has 0 atom stereocenters. The van der Waals surface area contributed by atoms with Gasteiger partial charge in [-0.1, -0.05) is 121 Å². The van der Waals surface area contributed by atoms with Gasteiger partial charge < -0.3 is 0 Å². The van der Waals surface area contributed by atoms with E-state index in [1.807, 2.05) is 0 Å². The highest BCUT2D eigenvalue weighted by molar-refractivity contribution is 7.22. The number of rotatable bonds is 4. The Morgan fingerprint density at radius 2 is 0.571 bits per heavy atom. The maximum Gasteiger partial charge on any atom is 0.124 e. The largest absolute Gasteiger partial charge is 0.236 e. The maximum absolute atomic E-state index is 5.11. The number of aromatic nitrogens is 2. The summed E-state index contributed by atoms with van der Waals surface area (Å²) in [5.74, 6) is 0. The fraction of sp³-hybridized carbons (Fsp3) is 0. The smallest absolute Gasteiger partial charge is 0.124 e. The average molecular weight is 747 g/mol. The third kappa shape index (κ3) is 5.37. The molecule has 10 aromatic carbocycles. The average Bonchev–Trinajstić information content (AvgIpc) is 3.86. The SMILES string of the molecule is c1ccc2cc3cc(-c4ccc(-c5nc6cc7cc8sc(-c9ccc(-c%10ccc%11cc%12ccccc%12cc%11c%10)cc9)nc8cc7cc6s5)cc4)ccc3cc2c1. The Balaban J connectivity index is 0.814. The molecule has 0 radical (unpaired) electrons. The van der Waals surface area contributed by atoms with Gasteiger partial charge in [0.25, 0.3) is 0 Å². The van der Waals surface area contributed by atoms with Crippen molar-refractivity contribution in [1.29, 1.82) is 0 Å². The normalized spacial score (nSPS) is 11.9. The summed E-state index contributed by atoms with van der Waals surface area (Å²) in [6.45, 7) is 0. The van der Waals surface area contributed by atoms with Crippen LogP contribution in [0, 0.1) is 0 Å². The molecule has 0 bridgehead atoms. The number of nitrogens with zero attached hydrogens (tertiary/aromatic N) is 2. The van der Waals surface area contributed by atoms with Crippen molar-refractivity contribution in [3.05, 3.63) is 182 Å². The monoisotopic (exact) mass is 746 g/mol. The van der Waals surface area contributed by atoms with Gasteiger partial charge in [-0.15, -0.1) is 22.7 Å². The van der Waals surface area contributed by atoms with Crippen molar-refractivity contribution in [3.63, 3.8) is 0 Å². The van der Waals surface area contributed by atoms with Crippen LogP contribution in [-0.4, -0.2) is 9.97 Å². The first-order valence-corrected chi connectivity index (χ1v) is 20.5. The molecule has 0 N–H and O–H groups in total. The highest BCUT2D eigenvalue weighted by Gasteiger charge is 2.13. The zero-order valence-corrected chi connectivity index (χ0v) is 31.7. The van der Waals surface area contributed by atoms with Crippen molar-refractivity contribution in [2.24, 2.45) is 0 Å². The van der Waals surface area contributed by atoms with Gasteiger partial charge in [-0.25, -0.2) is 9.97 Å². The van der Waals surface area contributed by atoms with E-state index in [4.69, 9.17) is 9.97 Å². The predicted octanol–water partition coefficient (Wildman–Crippen LogP) is 15.3. The van der Waals surface area contributed by atoms with E-state index in [0.717, 1.165) is 32.2 Å². The first-order valence-electron chi connectivity index (χ1n) is 18.9. The molecular weight excluding hydrogens is 717 g/mol. The fourth-order valence-electron chi connectivity index (χ4n) is 8.19. The van der Waals surface area contributed by atoms with Crippen LogP contribution in [0.3, 0.4) is 0 Å². The Labute approximate surface area is 330 Å². The highest BCUT2D eigenvalue weighted by atomic mass is 32.1. The van der Waals surface area contributed by atoms with Crippen molar-refractivity contribution in [1.82, 2.24) is 9.97 Å². The molecule has 56 heavy (non-hydrogen) atoms. The molecule has 0 unspecified atom stereocenters. The van der Waals surface area contributed by atoms with Gasteiger partial charge >= 0.3 is 0 Å². The van der Waals surface area contributed by atoms with Crippen LogP contribution in [0.25, 0.3) is 118 Å². The van der Waals surface area contributed by atoms with Crippen LogP contribution >= 0.6 is 22.7 Å². The zero-order valence-electron chi connectivity index (χ0n) is 30.0. The molecule has 2 nitrogen and oxygen atoms in total. The summed E-state index contributed by atoms with van der Waals surface area (Å²) in [4.78, 5) is 10.2. The molecule has 260 valence electrons. The number of fused-ring (bicyclic) bond motifs is 7. The van der Waals surface area contributed by atoms with E-state index in [0.29, 0.717) is 0 Å². The second-order valence-corrected chi connectivity index (χ2v) is 16.8. The van der Waals surface area contributed by atoms with E-state index in [1.165, 1.54) is 85.5 Å². The first-order chi connectivity index (χ1) is 27.6. The summed E-state index contributed by atoms with van der Waals surface area (Å²) in [6.07, 6.45) is 0. The molecule has 0 aliphatic carbocycles. The molecule has 2 heterocycles. The van der Waals surface area contributed by atoms with E-state index in [-0.39, 0.29) is 0 Å². The summed E-state index contributed by atoms with van der Waals surface area (Å²) in [5.41, 5.74) is 9.19. The molecular formula is C52H30N2S2. The van der Waals surface area contributed by atoms with Gasteiger partial charge in [0.05, 0.1) is 20.4 Å². The van der Waals surface area contributed by atoms with Gasteiger partial charge in [0.15, 0.2) is 0 Å². The van der Waals surface area contributed by atoms with Gasteiger partial charge in [0, 0.05) is 11.1 Å². The lowest BCUT2D eigenvalue weighted by Gasteiger charge is -2.07. The summed E-state index contributed by atoms with van der Waals surface area (Å²) in [6, 6.07) is 66.5. The van der Waals surface area contributed by atoms with Gasteiger partial charge in [-0.05, 0) is 137 Å². The molecule has 0 saturated carbocycles. The van der Waals surface area contributed by atoms with Crippen molar-refractivity contribution < 1.29 is 0 Å². The van der Waals surface area contributed by atoms with Crippen LogP contribution in [-0.2, 0) is 0 Å². The van der Waals surface area contributed by atoms with Crippen molar-refractivity contribution in [3.8, 4) is 43.4 Å². The van der Waals surface area contributed by atoms with E-state index in [2.05, 4.69) is 182 Å². The maximum atomic E-state index is 5.11. The minimum absolute atomic E-state index is 1.03. The van der Waals surface area contributed by atoms with Crippen molar-refractivity contribution >= 4 is 97.0 Å². The number of hydrogen-bond donors (Lipinski definition) is 0. The highest BCUT2D eigenvalue weighted by Crippen LogP contribution is 2.38. The van der Waals surface area contributed by atoms with E-state index < -0.39 is 0 Å². The Kier molecular flexibility index (Phi) is 7.00. The topological polar surface area (TPSA) is 25.8 Å². The van der Waals surface area contributed by atoms with E-state index >= 15 is 0 Å². The van der Waals surface area contributed by atoms with Gasteiger partial charge in [0.2, 0.25) is 0 Å². The van der Waals surface area contributed by atoms with Crippen LogP contribution < -0.4 is 0 Å². The van der Waals surface area contributed by atoms with E-state index in [9.17, 15) is 0 Å². The van der Waals surface area contributed by atoms with Gasteiger partial charge in [-0.2, -0.15) is 0 Å². The van der Waals surface area contributed by atoms with Crippen molar-refractivity contribution in [2.45, 2.75) is 0 Å². The second kappa shape index (κ2) is 12.4. The Hall–Kier alpha value is -6.72. The predicted molar refractivity (Wildman–Crippen MR) is 242 cm³/mol. The van der Waals surface area contributed by atoms with Gasteiger partial charge in [0.1, 0.15) is 10.0 Å². The lowest BCUT2D eigenvalue weighted by Crippen LogP contribution is -1.82. The molecule has 12 aromatic rings. The van der Waals surface area contributed by atoms with Crippen LogP contribution in [0.4, 0.5) is 0 Å². The van der Waals surface area contributed by atoms with Crippen LogP contribution in [0.2, 0.25) is 0 Å². The van der Waals surface area contributed by atoms with Crippen LogP contribution in [0.5, 0.6) is 0 Å². The number of benzene rings is 10. The molecule has 0 spiro atoms. The number of hydrogen-bond acceptors (Lipinski definition) is 4. The second-order valence-electron chi connectivity index (χ2n) is 14.7. The lowest BCUT2D eigenvalue weighted by molar-refractivity contribution is 1.48. The molecule has 0 aliphatic rings. The molecule has 0 aliphatic heterocycles. The minimum Gasteiger partial charge on any atom is -0.236 e. The lowest BCUT2D eigenvalue weighted by atomic mass is 9.98. The van der Waals surface area contributed by atoms with Crippen LogP contribution in [0.15, 0.2) is 182 Å². The molecule has 12 rings (SSSR count). The first kappa shape index (κ1) is 31.6. The molecule has 2 aromatic heterocycles. The molecule has 0 fully saturated rings. The standard InChI is InChI=1S/C52H30N2S2/c1-3-7-37-23-43-25-39(17-19-41(43)21-35(37)5-1)31-9-13-33(14-10-31)51-53-47-27-45-30-50-48(28-46(45)29-49(47)55-51)54-52(56-50)34-15-11-32(12-16-34)40-18-20-42-22-36-6-2-4-8-38(36)24-44(42)26-40/h1-30H. The third-order valence-electron chi connectivity index (χ3n) is 11.2. The Morgan fingerprint density at radius 1 is 0.250 bits per heavy atom. The molecule has 4 heteroatoms. The summed E-state index contributed by atoms with van der Waals surface area (Å²) >= 11 is 3.50. The Bertz CT molecular complexity index is 3220. The summed E-state index contributed by atoms with van der Waals surface area (Å²) < 4.78 is 2.37. The quantitative estimate of drug-likeness (QED) is 0.168. The molecule has 0 saturated heterocycles. The number of thiazole rings is 2. The third-order valence-corrected chi connectivity index (χ3v) is 13.3. The summed E-state index contributed by atoms with van der Waals surface area (Å²) in [7, 11) is 0.